The Balaban J connectivity index is 2.22. The third-order valence-corrected chi connectivity index (χ3v) is 3.44. The Morgan fingerprint density at radius 3 is 2.35 bits per heavy atom. The highest BCUT2D eigenvalue weighted by molar-refractivity contribution is 8.18. The first-order chi connectivity index (χ1) is 9.51. The number of hydrogen-bond acceptors (Lipinski definition) is 6. The van der Waals surface area contributed by atoms with Gasteiger partial charge in [-0.3, -0.25) is 19.3 Å². The molecule has 0 aromatic heterocycles. The zero-order chi connectivity index (χ0) is 14.7. The SMILES string of the molecule is O=Cc1ccc(/C=C2\SC(=O)N(CC(=O)[O-])C2=O)cc1. The number of carbonyl (C=O) groups excluding carboxylic acids is 4. The predicted octanol–water partition coefficient (Wildman–Crippen LogP) is 0.285. The fourth-order valence-electron chi connectivity index (χ4n) is 1.59. The molecule has 0 atom stereocenters. The molecule has 0 aliphatic carbocycles. The predicted molar refractivity (Wildman–Crippen MR) is 69.5 cm³/mol. The number of rotatable bonds is 4. The molecule has 2 rings (SSSR count). The van der Waals surface area contributed by atoms with Crippen LogP contribution in [0.3, 0.4) is 0 Å². The monoisotopic (exact) mass is 290 g/mol. The number of hydrogen-bond donors (Lipinski definition) is 0. The lowest BCUT2D eigenvalue weighted by Crippen LogP contribution is -2.40. The molecular weight excluding hydrogens is 282 g/mol. The minimum atomic E-state index is -1.50. The average Bonchev–Trinajstić information content (AvgIpc) is 2.67. The number of amides is 2. The summed E-state index contributed by atoms with van der Waals surface area (Å²) in [7, 11) is 0. The van der Waals surface area contributed by atoms with E-state index in [2.05, 4.69) is 0 Å². The van der Waals surface area contributed by atoms with Gasteiger partial charge in [0.1, 0.15) is 6.29 Å². The molecule has 7 heteroatoms. The molecule has 1 aromatic carbocycles. The maximum Gasteiger partial charge on any atom is 0.293 e. The summed E-state index contributed by atoms with van der Waals surface area (Å²) in [6.07, 6.45) is 2.16. The van der Waals surface area contributed by atoms with Crippen LogP contribution in [0.15, 0.2) is 29.2 Å². The van der Waals surface area contributed by atoms with Crippen LogP contribution >= 0.6 is 11.8 Å². The van der Waals surface area contributed by atoms with Crippen molar-refractivity contribution in [2.24, 2.45) is 0 Å². The van der Waals surface area contributed by atoms with Crippen LogP contribution in [0, 0.1) is 0 Å². The van der Waals surface area contributed by atoms with Crippen molar-refractivity contribution < 1.29 is 24.3 Å². The molecule has 0 radical (unpaired) electrons. The zero-order valence-corrected chi connectivity index (χ0v) is 10.9. The second-order valence-electron chi connectivity index (χ2n) is 3.92. The van der Waals surface area contributed by atoms with Crippen LogP contribution in [0.2, 0.25) is 0 Å². The van der Waals surface area contributed by atoms with Gasteiger partial charge in [0, 0.05) is 5.56 Å². The second kappa shape index (κ2) is 5.70. The Hall–Kier alpha value is -2.41. The van der Waals surface area contributed by atoms with Gasteiger partial charge in [0.15, 0.2) is 0 Å². The summed E-state index contributed by atoms with van der Waals surface area (Å²) in [6, 6.07) is 6.39. The molecule has 0 bridgehead atoms. The number of carboxylic acids is 1. The highest BCUT2D eigenvalue weighted by Crippen LogP contribution is 2.31. The molecule has 1 aromatic rings. The van der Waals surface area contributed by atoms with Gasteiger partial charge in [-0.15, -0.1) is 0 Å². The summed E-state index contributed by atoms with van der Waals surface area (Å²) in [5.41, 5.74) is 1.13. The first-order valence-electron chi connectivity index (χ1n) is 5.51. The van der Waals surface area contributed by atoms with Crippen molar-refractivity contribution in [3.8, 4) is 0 Å². The van der Waals surface area contributed by atoms with Crippen molar-refractivity contribution in [3.63, 3.8) is 0 Å². The van der Waals surface area contributed by atoms with Crippen LogP contribution in [0.5, 0.6) is 0 Å². The van der Waals surface area contributed by atoms with Crippen molar-refractivity contribution in [3.05, 3.63) is 40.3 Å². The summed E-state index contributed by atoms with van der Waals surface area (Å²) in [5.74, 6) is -2.16. The fraction of sp³-hybridized carbons (Fsp3) is 0.0769. The molecule has 0 spiro atoms. The Morgan fingerprint density at radius 2 is 1.80 bits per heavy atom. The summed E-state index contributed by atoms with van der Waals surface area (Å²) in [5, 5.41) is 9.82. The molecule has 1 heterocycles. The van der Waals surface area contributed by atoms with Gasteiger partial charge < -0.3 is 9.90 Å². The number of benzene rings is 1. The van der Waals surface area contributed by atoms with E-state index in [1.54, 1.807) is 24.3 Å². The molecule has 0 unspecified atom stereocenters. The van der Waals surface area contributed by atoms with Gasteiger partial charge in [-0.25, -0.2) is 0 Å². The molecule has 0 N–H and O–H groups in total. The normalized spacial score (nSPS) is 16.8. The first kappa shape index (κ1) is 14.0. The van der Waals surface area contributed by atoms with E-state index in [1.807, 2.05) is 0 Å². The molecule has 6 nitrogen and oxygen atoms in total. The van der Waals surface area contributed by atoms with Crippen LogP contribution < -0.4 is 5.11 Å². The Labute approximate surface area is 118 Å². The van der Waals surface area contributed by atoms with E-state index in [1.165, 1.54) is 6.08 Å². The number of aldehydes is 1. The number of nitrogens with zero attached hydrogens (tertiary/aromatic N) is 1. The van der Waals surface area contributed by atoms with Crippen LogP contribution in [-0.2, 0) is 9.59 Å². The van der Waals surface area contributed by atoms with E-state index in [9.17, 15) is 24.3 Å². The van der Waals surface area contributed by atoms with Gasteiger partial charge in [-0.2, -0.15) is 0 Å². The molecule has 2 amide bonds. The summed E-state index contributed by atoms with van der Waals surface area (Å²) >= 11 is 0.666. The zero-order valence-electron chi connectivity index (χ0n) is 10.1. The second-order valence-corrected chi connectivity index (χ2v) is 4.92. The van der Waals surface area contributed by atoms with Crippen LogP contribution in [-0.4, -0.2) is 34.8 Å². The molecule has 20 heavy (non-hydrogen) atoms. The van der Waals surface area contributed by atoms with Crippen LogP contribution in [0.1, 0.15) is 15.9 Å². The highest BCUT2D eigenvalue weighted by Gasteiger charge is 2.34. The van der Waals surface area contributed by atoms with Crippen molar-refractivity contribution in [1.82, 2.24) is 4.90 Å². The molecular formula is C13H8NO5S-. The van der Waals surface area contributed by atoms with Crippen LogP contribution in [0.4, 0.5) is 4.79 Å². The van der Waals surface area contributed by atoms with E-state index in [0.29, 0.717) is 34.1 Å². The van der Waals surface area contributed by atoms with Gasteiger partial charge in [-0.05, 0) is 23.4 Å². The highest BCUT2D eigenvalue weighted by atomic mass is 32.2. The number of carboxylic acid groups (broad SMARTS) is 1. The van der Waals surface area contributed by atoms with Gasteiger partial charge in [0.05, 0.1) is 17.4 Å². The largest absolute Gasteiger partial charge is 0.548 e. The lowest BCUT2D eigenvalue weighted by atomic mass is 10.1. The third-order valence-electron chi connectivity index (χ3n) is 2.53. The van der Waals surface area contributed by atoms with Gasteiger partial charge >= 0.3 is 0 Å². The number of imide groups is 1. The molecule has 1 aliphatic heterocycles. The Bertz CT molecular complexity index is 620. The van der Waals surface area contributed by atoms with E-state index in [0.717, 1.165) is 0 Å². The lowest BCUT2D eigenvalue weighted by molar-refractivity contribution is -0.305. The van der Waals surface area contributed by atoms with Crippen molar-refractivity contribution in [2.45, 2.75) is 0 Å². The van der Waals surface area contributed by atoms with Crippen molar-refractivity contribution in [2.75, 3.05) is 6.54 Å². The van der Waals surface area contributed by atoms with E-state index < -0.39 is 23.7 Å². The lowest BCUT2D eigenvalue weighted by Gasteiger charge is -2.12. The van der Waals surface area contributed by atoms with E-state index >= 15 is 0 Å². The molecule has 1 fully saturated rings. The Morgan fingerprint density at radius 1 is 1.20 bits per heavy atom. The fourth-order valence-corrected chi connectivity index (χ4v) is 2.43. The minimum Gasteiger partial charge on any atom is -0.548 e. The van der Waals surface area contributed by atoms with Crippen molar-refractivity contribution >= 4 is 41.2 Å². The molecule has 1 aliphatic rings. The van der Waals surface area contributed by atoms with E-state index in [-0.39, 0.29) is 4.91 Å². The average molecular weight is 290 g/mol. The smallest absolute Gasteiger partial charge is 0.293 e. The van der Waals surface area contributed by atoms with Gasteiger partial charge in [0.2, 0.25) is 0 Å². The first-order valence-corrected chi connectivity index (χ1v) is 6.33. The van der Waals surface area contributed by atoms with Crippen molar-refractivity contribution in [1.29, 1.82) is 0 Å². The number of thioether (sulfide) groups is 1. The number of aliphatic carboxylic acids is 1. The quantitative estimate of drug-likeness (QED) is 0.584. The standard InChI is InChI=1S/C13H9NO5S/c15-7-9-3-1-8(2-4-9)5-10-12(18)14(6-11(16)17)13(19)20-10/h1-5,7H,6H2,(H,16,17)/p-1/b10-5-. The maximum absolute atomic E-state index is 11.8. The Kier molecular flexibility index (Phi) is 3.99. The minimum absolute atomic E-state index is 0.134. The van der Waals surface area contributed by atoms with Crippen LogP contribution in [0.25, 0.3) is 6.08 Å². The van der Waals surface area contributed by atoms with E-state index in [4.69, 9.17) is 0 Å². The summed E-state index contributed by atoms with van der Waals surface area (Å²) < 4.78 is 0. The summed E-state index contributed by atoms with van der Waals surface area (Å²) in [4.78, 5) is 45.1. The van der Waals surface area contributed by atoms with Gasteiger partial charge in [0.25, 0.3) is 11.1 Å². The number of carbonyl (C=O) groups is 4. The molecule has 102 valence electrons. The third kappa shape index (κ3) is 2.94. The maximum atomic E-state index is 11.8. The molecule has 0 saturated carbocycles. The summed E-state index contributed by atoms with van der Waals surface area (Å²) in [6.45, 7) is -0.758. The van der Waals surface area contributed by atoms with Gasteiger partial charge in [-0.1, -0.05) is 24.3 Å². The molecule has 1 saturated heterocycles. The topological polar surface area (TPSA) is 94.6 Å².